The Morgan fingerprint density at radius 2 is 1.83 bits per heavy atom. The van der Waals surface area contributed by atoms with Crippen molar-refractivity contribution < 1.29 is 5.11 Å². The van der Waals surface area contributed by atoms with E-state index in [2.05, 4.69) is 39.1 Å². The van der Waals surface area contributed by atoms with Crippen molar-refractivity contribution in [2.75, 3.05) is 13.1 Å². The van der Waals surface area contributed by atoms with Gasteiger partial charge in [0.25, 0.3) is 0 Å². The fourth-order valence-electron chi connectivity index (χ4n) is 8.44. The first-order valence-electron chi connectivity index (χ1n) is 13.0. The molecule has 2 heteroatoms. The molecule has 0 saturated heterocycles. The summed E-state index contributed by atoms with van der Waals surface area (Å²) < 4.78 is 0. The highest BCUT2D eigenvalue weighted by molar-refractivity contribution is 5.27. The van der Waals surface area contributed by atoms with Crippen LogP contribution >= 0.6 is 0 Å². The highest BCUT2D eigenvalue weighted by atomic mass is 16.3. The molecule has 4 rings (SSSR count). The summed E-state index contributed by atoms with van der Waals surface area (Å²) in [5, 5.41) is 14.0. The highest BCUT2D eigenvalue weighted by Gasteiger charge is 2.58. The molecule has 2 N–H and O–H groups in total. The molecule has 3 fully saturated rings. The summed E-state index contributed by atoms with van der Waals surface area (Å²) in [6.07, 6.45) is 16.9. The van der Waals surface area contributed by atoms with Gasteiger partial charge >= 0.3 is 0 Å². The maximum atomic E-state index is 10.2. The number of hydrogen-bond donors (Lipinski definition) is 2. The van der Waals surface area contributed by atoms with Gasteiger partial charge in [0.05, 0.1) is 6.10 Å². The second-order valence-electron chi connectivity index (χ2n) is 11.8. The average Bonchev–Trinajstić information content (AvgIpc) is 3.05. The van der Waals surface area contributed by atoms with Gasteiger partial charge in [-0.15, -0.1) is 0 Å². The van der Waals surface area contributed by atoms with Gasteiger partial charge in [0.1, 0.15) is 0 Å². The van der Waals surface area contributed by atoms with Gasteiger partial charge in [0.2, 0.25) is 0 Å². The summed E-state index contributed by atoms with van der Waals surface area (Å²) in [6, 6.07) is 0. The maximum absolute atomic E-state index is 10.2. The molecule has 0 aromatic carbocycles. The predicted octanol–water partition coefficient (Wildman–Crippen LogP) is 6.34. The summed E-state index contributed by atoms with van der Waals surface area (Å²) in [5.74, 6) is 4.02. The molecule has 0 bridgehead atoms. The molecule has 0 aliphatic heterocycles. The molecule has 8 atom stereocenters. The Balaban J connectivity index is 1.44. The Kier molecular flexibility index (Phi) is 6.53. The zero-order chi connectivity index (χ0) is 20.6. The number of unbranched alkanes of at least 4 members (excludes halogenated alkanes) is 2. The van der Waals surface area contributed by atoms with E-state index in [1.807, 2.05) is 5.57 Å². The SMILES string of the molecule is CCCCCNC[C@@H](C)[C@H]1CC[C@H]2C3=CCC4C[C@@H](O)CC[C@]4(C)[C@H]3CC[C@]12C. The van der Waals surface area contributed by atoms with E-state index in [0.29, 0.717) is 16.7 Å². The van der Waals surface area contributed by atoms with Crippen molar-refractivity contribution in [1.82, 2.24) is 5.32 Å². The van der Waals surface area contributed by atoms with Crippen molar-refractivity contribution in [2.45, 2.75) is 104 Å². The van der Waals surface area contributed by atoms with Gasteiger partial charge in [0, 0.05) is 0 Å². The van der Waals surface area contributed by atoms with Gasteiger partial charge in [-0.1, -0.05) is 52.2 Å². The van der Waals surface area contributed by atoms with Crippen molar-refractivity contribution in [3.8, 4) is 0 Å². The van der Waals surface area contributed by atoms with Gasteiger partial charge < -0.3 is 10.4 Å². The molecule has 0 amide bonds. The fourth-order valence-corrected chi connectivity index (χ4v) is 8.44. The Morgan fingerprint density at radius 1 is 1.07 bits per heavy atom. The van der Waals surface area contributed by atoms with Crippen molar-refractivity contribution in [2.24, 2.45) is 40.4 Å². The van der Waals surface area contributed by atoms with Crippen LogP contribution in [-0.2, 0) is 0 Å². The molecular formula is C27H47NO. The van der Waals surface area contributed by atoms with E-state index in [4.69, 9.17) is 0 Å². The van der Waals surface area contributed by atoms with E-state index < -0.39 is 0 Å². The number of fused-ring (bicyclic) bond motifs is 5. The summed E-state index contributed by atoms with van der Waals surface area (Å²) in [7, 11) is 0. The molecule has 2 nitrogen and oxygen atoms in total. The second-order valence-corrected chi connectivity index (χ2v) is 11.8. The van der Waals surface area contributed by atoms with Crippen LogP contribution in [0.3, 0.4) is 0 Å². The lowest BCUT2D eigenvalue weighted by molar-refractivity contribution is -0.0424. The normalized spacial score (nSPS) is 45.1. The lowest BCUT2D eigenvalue weighted by atomic mass is 9.47. The Labute approximate surface area is 180 Å². The fraction of sp³-hybridized carbons (Fsp3) is 0.926. The number of nitrogens with one attached hydrogen (secondary N) is 1. The quantitative estimate of drug-likeness (QED) is 0.385. The number of allylic oxidation sites excluding steroid dienone is 2. The van der Waals surface area contributed by atoms with E-state index in [9.17, 15) is 5.11 Å². The summed E-state index contributed by atoms with van der Waals surface area (Å²) in [6.45, 7) is 12.4. The van der Waals surface area contributed by atoms with Crippen LogP contribution in [0.5, 0.6) is 0 Å². The lowest BCUT2D eigenvalue weighted by Gasteiger charge is -2.57. The van der Waals surface area contributed by atoms with Gasteiger partial charge in [-0.2, -0.15) is 0 Å². The first-order valence-corrected chi connectivity index (χ1v) is 13.0. The van der Waals surface area contributed by atoms with E-state index >= 15 is 0 Å². The number of rotatable bonds is 7. The lowest BCUT2D eigenvalue weighted by Crippen LogP contribution is -2.50. The summed E-state index contributed by atoms with van der Waals surface area (Å²) in [5.41, 5.74) is 2.83. The van der Waals surface area contributed by atoms with Crippen molar-refractivity contribution in [1.29, 1.82) is 0 Å². The van der Waals surface area contributed by atoms with E-state index in [1.54, 1.807) is 0 Å². The molecule has 29 heavy (non-hydrogen) atoms. The Hall–Kier alpha value is -0.340. The standard InChI is InChI=1S/C27H47NO/c1-5-6-7-16-28-18-19(2)23-10-11-24-22-9-8-20-17-21(29)12-14-26(20,3)25(22)13-15-27(23,24)4/h9,19-21,23-25,28-29H,5-8,10-18H2,1-4H3/t19-,20?,21+,23-,24+,25+,26+,27-/m1/s1. The average molecular weight is 402 g/mol. The molecule has 0 aromatic rings. The number of aliphatic hydroxyl groups excluding tert-OH is 1. The van der Waals surface area contributed by atoms with Crippen LogP contribution in [-0.4, -0.2) is 24.3 Å². The second kappa shape index (κ2) is 8.65. The van der Waals surface area contributed by atoms with E-state index in [1.165, 1.54) is 70.9 Å². The highest BCUT2D eigenvalue weighted by Crippen LogP contribution is 2.66. The monoisotopic (exact) mass is 401 g/mol. The summed E-state index contributed by atoms with van der Waals surface area (Å²) in [4.78, 5) is 0. The first-order chi connectivity index (χ1) is 13.9. The number of aliphatic hydroxyl groups is 1. The molecule has 166 valence electrons. The van der Waals surface area contributed by atoms with Crippen LogP contribution in [0.15, 0.2) is 11.6 Å². The molecule has 0 radical (unpaired) electrons. The van der Waals surface area contributed by atoms with Gasteiger partial charge in [-0.05, 0) is 111 Å². The van der Waals surface area contributed by atoms with E-state index in [0.717, 1.165) is 36.5 Å². The third kappa shape index (κ3) is 3.86. The maximum Gasteiger partial charge on any atom is 0.0543 e. The van der Waals surface area contributed by atoms with Gasteiger partial charge in [-0.3, -0.25) is 0 Å². The molecule has 1 unspecified atom stereocenters. The number of hydrogen-bond acceptors (Lipinski definition) is 2. The summed E-state index contributed by atoms with van der Waals surface area (Å²) >= 11 is 0. The third-order valence-corrected chi connectivity index (χ3v) is 10.2. The molecule has 4 aliphatic rings. The van der Waals surface area contributed by atoms with Crippen molar-refractivity contribution >= 4 is 0 Å². The van der Waals surface area contributed by atoms with Crippen LogP contribution in [0.2, 0.25) is 0 Å². The van der Waals surface area contributed by atoms with Crippen LogP contribution < -0.4 is 5.32 Å². The Morgan fingerprint density at radius 3 is 2.62 bits per heavy atom. The predicted molar refractivity (Wildman–Crippen MR) is 123 cm³/mol. The largest absolute Gasteiger partial charge is 0.393 e. The Bertz CT molecular complexity index is 599. The van der Waals surface area contributed by atoms with Crippen molar-refractivity contribution in [3.63, 3.8) is 0 Å². The first kappa shape index (κ1) is 21.9. The van der Waals surface area contributed by atoms with Crippen LogP contribution in [0, 0.1) is 40.4 Å². The van der Waals surface area contributed by atoms with Gasteiger partial charge in [-0.25, -0.2) is 0 Å². The van der Waals surface area contributed by atoms with Crippen molar-refractivity contribution in [3.05, 3.63) is 11.6 Å². The topological polar surface area (TPSA) is 32.3 Å². The molecule has 0 spiro atoms. The van der Waals surface area contributed by atoms with E-state index in [-0.39, 0.29) is 6.10 Å². The zero-order valence-electron chi connectivity index (χ0n) is 19.7. The molecule has 0 heterocycles. The van der Waals surface area contributed by atoms with Crippen LogP contribution in [0.1, 0.15) is 98.3 Å². The van der Waals surface area contributed by atoms with Gasteiger partial charge in [0.15, 0.2) is 0 Å². The minimum absolute atomic E-state index is 0.0431. The molecule has 0 aromatic heterocycles. The molecule has 3 saturated carbocycles. The minimum Gasteiger partial charge on any atom is -0.393 e. The minimum atomic E-state index is -0.0431. The molecular weight excluding hydrogens is 354 g/mol. The third-order valence-electron chi connectivity index (χ3n) is 10.2. The zero-order valence-corrected chi connectivity index (χ0v) is 19.7. The molecule has 4 aliphatic carbocycles. The van der Waals surface area contributed by atoms with Crippen LogP contribution in [0.4, 0.5) is 0 Å². The van der Waals surface area contributed by atoms with Crippen LogP contribution in [0.25, 0.3) is 0 Å². The smallest absolute Gasteiger partial charge is 0.0543 e.